The van der Waals surface area contributed by atoms with Crippen molar-refractivity contribution in [2.24, 2.45) is 0 Å². The Morgan fingerprint density at radius 2 is 1.73 bits per heavy atom. The molecular weight excluding hydrogens is 277 g/mol. The van der Waals surface area contributed by atoms with E-state index in [9.17, 15) is 4.39 Å². The Labute approximate surface area is 129 Å². The van der Waals surface area contributed by atoms with Gasteiger partial charge in [-0.15, -0.1) is 0 Å². The Morgan fingerprint density at radius 3 is 2.36 bits per heavy atom. The van der Waals surface area contributed by atoms with E-state index in [4.69, 9.17) is 5.73 Å². The van der Waals surface area contributed by atoms with Gasteiger partial charge in [-0.3, -0.25) is 0 Å². The molecular formula is C18H18FN3. The van der Waals surface area contributed by atoms with Crippen LogP contribution in [0, 0.1) is 5.82 Å². The van der Waals surface area contributed by atoms with E-state index < -0.39 is 0 Å². The molecule has 2 aromatic carbocycles. The molecule has 0 aliphatic rings. The Morgan fingerprint density at radius 1 is 1.05 bits per heavy atom. The van der Waals surface area contributed by atoms with Crippen molar-refractivity contribution >= 4 is 5.82 Å². The molecule has 4 heteroatoms. The van der Waals surface area contributed by atoms with Gasteiger partial charge >= 0.3 is 0 Å². The Hall–Kier alpha value is -2.62. The van der Waals surface area contributed by atoms with Gasteiger partial charge in [0, 0.05) is 11.1 Å². The third-order valence-corrected chi connectivity index (χ3v) is 3.74. The molecule has 0 atom stereocenters. The van der Waals surface area contributed by atoms with Crippen LogP contribution in [0.3, 0.4) is 0 Å². The fourth-order valence-electron chi connectivity index (χ4n) is 2.58. The first kappa shape index (κ1) is 14.3. The van der Waals surface area contributed by atoms with Crippen LogP contribution in [0.15, 0.2) is 54.6 Å². The second-order valence-electron chi connectivity index (χ2n) is 5.22. The van der Waals surface area contributed by atoms with Gasteiger partial charge in [-0.25, -0.2) is 9.07 Å². The fourth-order valence-corrected chi connectivity index (χ4v) is 2.58. The number of nitrogens with zero attached hydrogens (tertiary/aromatic N) is 2. The highest BCUT2D eigenvalue weighted by atomic mass is 19.1. The zero-order chi connectivity index (χ0) is 15.5. The molecule has 0 unspecified atom stereocenters. The second-order valence-corrected chi connectivity index (χ2v) is 5.22. The van der Waals surface area contributed by atoms with Crippen LogP contribution in [0.25, 0.3) is 11.3 Å². The van der Waals surface area contributed by atoms with E-state index in [1.54, 1.807) is 12.1 Å². The van der Waals surface area contributed by atoms with Crippen molar-refractivity contribution in [3.63, 3.8) is 0 Å². The molecule has 1 heterocycles. The average molecular weight is 295 g/mol. The quantitative estimate of drug-likeness (QED) is 0.793. The minimum atomic E-state index is -0.251. The summed E-state index contributed by atoms with van der Waals surface area (Å²) in [6.45, 7) is 2.67. The first-order valence-electron chi connectivity index (χ1n) is 7.34. The summed E-state index contributed by atoms with van der Waals surface area (Å²) in [5.74, 6) is 0.421. The lowest BCUT2D eigenvalue weighted by Gasteiger charge is -2.04. The van der Waals surface area contributed by atoms with Gasteiger partial charge in [0.1, 0.15) is 11.6 Å². The van der Waals surface area contributed by atoms with Crippen LogP contribution in [0.4, 0.5) is 10.2 Å². The van der Waals surface area contributed by atoms with Gasteiger partial charge < -0.3 is 5.73 Å². The van der Waals surface area contributed by atoms with E-state index in [2.05, 4.69) is 5.10 Å². The SMILES string of the molecule is CCc1c(-c2ccc(F)cc2)nn(Cc2ccccc2)c1N. The predicted octanol–water partition coefficient (Wildman–Crippen LogP) is 3.88. The van der Waals surface area contributed by atoms with E-state index in [-0.39, 0.29) is 5.82 Å². The highest BCUT2D eigenvalue weighted by molar-refractivity contribution is 5.68. The second kappa shape index (κ2) is 6.02. The third-order valence-electron chi connectivity index (χ3n) is 3.74. The predicted molar refractivity (Wildman–Crippen MR) is 87.0 cm³/mol. The van der Waals surface area contributed by atoms with Gasteiger partial charge in [0.2, 0.25) is 0 Å². The van der Waals surface area contributed by atoms with Gasteiger partial charge in [-0.1, -0.05) is 37.3 Å². The molecule has 1 aromatic heterocycles. The molecule has 0 bridgehead atoms. The topological polar surface area (TPSA) is 43.8 Å². The molecule has 0 aliphatic heterocycles. The molecule has 0 radical (unpaired) electrons. The molecule has 0 saturated carbocycles. The van der Waals surface area contributed by atoms with Crippen molar-refractivity contribution in [1.29, 1.82) is 0 Å². The number of aromatic nitrogens is 2. The first-order chi connectivity index (χ1) is 10.7. The zero-order valence-corrected chi connectivity index (χ0v) is 12.5. The highest BCUT2D eigenvalue weighted by Crippen LogP contribution is 2.28. The molecule has 2 N–H and O–H groups in total. The maximum atomic E-state index is 13.1. The fraction of sp³-hybridized carbons (Fsp3) is 0.167. The van der Waals surface area contributed by atoms with Gasteiger partial charge in [-0.2, -0.15) is 5.10 Å². The third kappa shape index (κ3) is 2.72. The smallest absolute Gasteiger partial charge is 0.125 e. The van der Waals surface area contributed by atoms with Crippen LogP contribution >= 0.6 is 0 Å². The largest absolute Gasteiger partial charge is 0.384 e. The number of hydrogen-bond donors (Lipinski definition) is 1. The summed E-state index contributed by atoms with van der Waals surface area (Å²) >= 11 is 0. The summed E-state index contributed by atoms with van der Waals surface area (Å²) in [7, 11) is 0. The summed E-state index contributed by atoms with van der Waals surface area (Å²) < 4.78 is 14.9. The standard InChI is InChI=1S/C18H18FN3/c1-2-16-17(14-8-10-15(19)11-9-14)21-22(18(16)20)12-13-6-4-3-5-7-13/h3-11H,2,12,20H2,1H3. The van der Waals surface area contributed by atoms with Crippen LogP contribution in [-0.4, -0.2) is 9.78 Å². The lowest BCUT2D eigenvalue weighted by atomic mass is 10.1. The Bertz CT molecular complexity index is 761. The summed E-state index contributed by atoms with van der Waals surface area (Å²) in [5.41, 5.74) is 10.1. The summed E-state index contributed by atoms with van der Waals surface area (Å²) in [4.78, 5) is 0. The molecule has 22 heavy (non-hydrogen) atoms. The van der Waals surface area contributed by atoms with E-state index in [1.807, 2.05) is 41.9 Å². The number of rotatable bonds is 4. The van der Waals surface area contributed by atoms with Crippen LogP contribution in [0.1, 0.15) is 18.1 Å². The molecule has 0 fully saturated rings. The zero-order valence-electron chi connectivity index (χ0n) is 12.5. The number of nitrogen functional groups attached to an aromatic ring is 1. The van der Waals surface area contributed by atoms with Crippen molar-refractivity contribution in [2.45, 2.75) is 19.9 Å². The number of nitrogens with two attached hydrogens (primary N) is 1. The van der Waals surface area contributed by atoms with Crippen molar-refractivity contribution in [3.8, 4) is 11.3 Å². The number of halogens is 1. The highest BCUT2D eigenvalue weighted by Gasteiger charge is 2.15. The maximum Gasteiger partial charge on any atom is 0.125 e. The molecule has 3 aromatic rings. The lowest BCUT2D eigenvalue weighted by molar-refractivity contribution is 0.628. The average Bonchev–Trinajstić information content (AvgIpc) is 2.85. The van der Waals surface area contributed by atoms with Gasteiger partial charge in [0.25, 0.3) is 0 Å². The minimum absolute atomic E-state index is 0.251. The summed E-state index contributed by atoms with van der Waals surface area (Å²) in [6, 6.07) is 16.4. The molecule has 3 rings (SSSR count). The van der Waals surface area contributed by atoms with E-state index in [0.717, 1.165) is 28.8 Å². The molecule has 0 amide bonds. The van der Waals surface area contributed by atoms with E-state index in [0.29, 0.717) is 12.4 Å². The molecule has 3 nitrogen and oxygen atoms in total. The molecule has 112 valence electrons. The van der Waals surface area contributed by atoms with E-state index >= 15 is 0 Å². The lowest BCUT2D eigenvalue weighted by Crippen LogP contribution is -2.06. The Kier molecular flexibility index (Phi) is 3.92. The normalized spacial score (nSPS) is 10.8. The monoisotopic (exact) mass is 295 g/mol. The maximum absolute atomic E-state index is 13.1. The van der Waals surface area contributed by atoms with Gasteiger partial charge in [0.15, 0.2) is 0 Å². The number of hydrogen-bond acceptors (Lipinski definition) is 2. The van der Waals surface area contributed by atoms with Gasteiger partial charge in [-0.05, 0) is 36.2 Å². The Balaban J connectivity index is 2.01. The first-order valence-corrected chi connectivity index (χ1v) is 7.34. The van der Waals surface area contributed by atoms with Crippen LogP contribution < -0.4 is 5.73 Å². The number of benzene rings is 2. The molecule has 0 saturated heterocycles. The van der Waals surface area contributed by atoms with Crippen molar-refractivity contribution in [3.05, 3.63) is 71.5 Å². The van der Waals surface area contributed by atoms with Gasteiger partial charge in [0.05, 0.1) is 12.2 Å². The molecule has 0 spiro atoms. The summed E-state index contributed by atoms with van der Waals surface area (Å²) in [6.07, 6.45) is 0.785. The van der Waals surface area contributed by atoms with Crippen molar-refractivity contribution in [2.75, 3.05) is 5.73 Å². The summed E-state index contributed by atoms with van der Waals surface area (Å²) in [5, 5.41) is 4.64. The van der Waals surface area contributed by atoms with Crippen LogP contribution in [0.5, 0.6) is 0 Å². The number of anilines is 1. The van der Waals surface area contributed by atoms with Crippen LogP contribution in [0.2, 0.25) is 0 Å². The molecule has 0 aliphatic carbocycles. The minimum Gasteiger partial charge on any atom is -0.384 e. The van der Waals surface area contributed by atoms with Crippen molar-refractivity contribution < 1.29 is 4.39 Å². The van der Waals surface area contributed by atoms with E-state index in [1.165, 1.54) is 12.1 Å². The van der Waals surface area contributed by atoms with Crippen molar-refractivity contribution in [1.82, 2.24) is 9.78 Å². The van der Waals surface area contributed by atoms with Crippen LogP contribution in [-0.2, 0) is 13.0 Å².